The maximum absolute atomic E-state index is 11.5. The fraction of sp³-hybridized carbons (Fsp3) is 0.833. The molecule has 0 aromatic heterocycles. The topological polar surface area (TPSA) is 49.4 Å². The van der Waals surface area contributed by atoms with Gasteiger partial charge in [0.15, 0.2) is 0 Å². The third-order valence-electron chi connectivity index (χ3n) is 3.05. The van der Waals surface area contributed by atoms with E-state index in [0.29, 0.717) is 19.0 Å². The molecular formula is C12H22N2O2. The van der Waals surface area contributed by atoms with Gasteiger partial charge in [-0.1, -0.05) is 6.92 Å². The number of carbonyl (C=O) groups excluding carboxylic acids is 2. The molecule has 1 saturated carbocycles. The zero-order chi connectivity index (χ0) is 12.1. The quantitative estimate of drug-likeness (QED) is 0.742. The van der Waals surface area contributed by atoms with E-state index in [9.17, 15) is 9.59 Å². The number of hydrogen-bond acceptors (Lipinski definition) is 2. The average molecular weight is 226 g/mol. The number of rotatable bonds is 6. The number of nitrogens with one attached hydrogen (secondary N) is 1. The minimum Gasteiger partial charge on any atom is -0.353 e. The van der Waals surface area contributed by atoms with Gasteiger partial charge in [0.25, 0.3) is 0 Å². The lowest BCUT2D eigenvalue weighted by Crippen LogP contribution is -2.39. The fourth-order valence-corrected chi connectivity index (χ4v) is 1.66. The Morgan fingerprint density at radius 1 is 1.44 bits per heavy atom. The summed E-state index contributed by atoms with van der Waals surface area (Å²) < 4.78 is 0. The average Bonchev–Trinajstić information content (AvgIpc) is 3.00. The predicted octanol–water partition coefficient (Wildman–Crippen LogP) is 1.30. The highest BCUT2D eigenvalue weighted by Gasteiger charge is 2.23. The van der Waals surface area contributed by atoms with E-state index in [-0.39, 0.29) is 17.9 Å². The fourth-order valence-electron chi connectivity index (χ4n) is 1.66. The zero-order valence-electron chi connectivity index (χ0n) is 10.5. The highest BCUT2D eigenvalue weighted by molar-refractivity contribution is 5.78. The summed E-state index contributed by atoms with van der Waals surface area (Å²) in [6.45, 7) is 6.15. The van der Waals surface area contributed by atoms with Crippen LogP contribution in [0.15, 0.2) is 0 Å². The maximum Gasteiger partial charge on any atom is 0.221 e. The van der Waals surface area contributed by atoms with E-state index in [1.54, 1.807) is 11.8 Å². The van der Waals surface area contributed by atoms with Gasteiger partial charge in [0.2, 0.25) is 11.8 Å². The molecule has 0 saturated heterocycles. The van der Waals surface area contributed by atoms with Gasteiger partial charge in [0.1, 0.15) is 0 Å². The summed E-state index contributed by atoms with van der Waals surface area (Å²) in [5.41, 5.74) is 0. The molecule has 0 aliphatic heterocycles. The van der Waals surface area contributed by atoms with Gasteiger partial charge in [-0.25, -0.2) is 0 Å². The van der Waals surface area contributed by atoms with Crippen molar-refractivity contribution in [3.63, 3.8) is 0 Å². The van der Waals surface area contributed by atoms with E-state index in [2.05, 4.69) is 5.32 Å². The van der Waals surface area contributed by atoms with Crippen molar-refractivity contribution in [2.24, 2.45) is 0 Å². The summed E-state index contributed by atoms with van der Waals surface area (Å²) in [6, 6.07) is 0.619. The van der Waals surface area contributed by atoms with Gasteiger partial charge in [-0.3, -0.25) is 9.59 Å². The van der Waals surface area contributed by atoms with Crippen LogP contribution in [-0.2, 0) is 9.59 Å². The summed E-state index contributed by atoms with van der Waals surface area (Å²) in [5.74, 6) is 0.116. The Hall–Kier alpha value is -1.06. The molecule has 4 heteroatoms. The van der Waals surface area contributed by atoms with E-state index in [4.69, 9.17) is 0 Å². The Balaban J connectivity index is 2.30. The van der Waals surface area contributed by atoms with Crippen molar-refractivity contribution < 1.29 is 9.59 Å². The molecule has 0 spiro atoms. The second-order valence-corrected chi connectivity index (χ2v) is 4.56. The molecule has 1 N–H and O–H groups in total. The van der Waals surface area contributed by atoms with Crippen molar-refractivity contribution in [3.05, 3.63) is 0 Å². The standard InChI is InChI=1S/C12H22N2O2/c1-4-9(2)14(10(3)15)8-7-12(16)13-11-5-6-11/h9,11H,4-8H2,1-3H3,(H,13,16). The molecule has 92 valence electrons. The molecule has 0 radical (unpaired) electrons. The lowest BCUT2D eigenvalue weighted by molar-refractivity contribution is -0.131. The number of carbonyl (C=O) groups is 2. The first-order valence-electron chi connectivity index (χ1n) is 6.11. The van der Waals surface area contributed by atoms with Gasteiger partial charge in [0, 0.05) is 32.0 Å². The van der Waals surface area contributed by atoms with Crippen LogP contribution >= 0.6 is 0 Å². The van der Waals surface area contributed by atoms with Crippen molar-refractivity contribution >= 4 is 11.8 Å². The first-order chi connectivity index (χ1) is 7.54. The lowest BCUT2D eigenvalue weighted by Gasteiger charge is -2.27. The third-order valence-corrected chi connectivity index (χ3v) is 3.05. The van der Waals surface area contributed by atoms with Crippen LogP contribution in [0.25, 0.3) is 0 Å². The number of amides is 2. The molecule has 1 aliphatic carbocycles. The van der Waals surface area contributed by atoms with Crippen LogP contribution in [0.4, 0.5) is 0 Å². The molecule has 2 amide bonds. The van der Waals surface area contributed by atoms with E-state index < -0.39 is 0 Å². The molecule has 0 heterocycles. The summed E-state index contributed by atoms with van der Waals surface area (Å²) in [7, 11) is 0. The van der Waals surface area contributed by atoms with Crippen LogP contribution in [0.5, 0.6) is 0 Å². The number of nitrogens with zero attached hydrogens (tertiary/aromatic N) is 1. The van der Waals surface area contributed by atoms with Crippen molar-refractivity contribution in [1.82, 2.24) is 10.2 Å². The highest BCUT2D eigenvalue weighted by Crippen LogP contribution is 2.18. The largest absolute Gasteiger partial charge is 0.353 e. The Labute approximate surface area is 97.4 Å². The van der Waals surface area contributed by atoms with Gasteiger partial charge in [-0.2, -0.15) is 0 Å². The van der Waals surface area contributed by atoms with E-state index in [0.717, 1.165) is 19.3 Å². The van der Waals surface area contributed by atoms with Crippen molar-refractivity contribution in [1.29, 1.82) is 0 Å². The van der Waals surface area contributed by atoms with E-state index >= 15 is 0 Å². The second-order valence-electron chi connectivity index (χ2n) is 4.56. The first kappa shape index (κ1) is 13.0. The zero-order valence-corrected chi connectivity index (χ0v) is 10.5. The Morgan fingerprint density at radius 2 is 2.06 bits per heavy atom. The molecule has 1 fully saturated rings. The van der Waals surface area contributed by atoms with Gasteiger partial charge < -0.3 is 10.2 Å². The van der Waals surface area contributed by atoms with E-state index in [1.165, 1.54) is 0 Å². The van der Waals surface area contributed by atoms with E-state index in [1.807, 2.05) is 13.8 Å². The van der Waals surface area contributed by atoms with Crippen LogP contribution in [0.3, 0.4) is 0 Å². The smallest absolute Gasteiger partial charge is 0.221 e. The number of hydrogen-bond donors (Lipinski definition) is 1. The van der Waals surface area contributed by atoms with Crippen LogP contribution < -0.4 is 5.32 Å². The second kappa shape index (κ2) is 5.87. The van der Waals surface area contributed by atoms with Crippen LogP contribution in [0.2, 0.25) is 0 Å². The van der Waals surface area contributed by atoms with Crippen molar-refractivity contribution in [2.45, 2.75) is 58.5 Å². The normalized spacial score (nSPS) is 16.7. The highest BCUT2D eigenvalue weighted by atomic mass is 16.2. The molecule has 0 aromatic rings. The molecule has 1 aliphatic rings. The Morgan fingerprint density at radius 3 is 2.50 bits per heavy atom. The third kappa shape index (κ3) is 4.21. The van der Waals surface area contributed by atoms with Gasteiger partial charge >= 0.3 is 0 Å². The summed E-state index contributed by atoms with van der Waals surface area (Å²) in [4.78, 5) is 24.6. The molecular weight excluding hydrogens is 204 g/mol. The molecule has 1 rings (SSSR count). The Kier molecular flexibility index (Phi) is 4.77. The maximum atomic E-state index is 11.5. The van der Waals surface area contributed by atoms with Gasteiger partial charge in [0.05, 0.1) is 0 Å². The molecule has 0 bridgehead atoms. The van der Waals surface area contributed by atoms with Gasteiger partial charge in [-0.15, -0.1) is 0 Å². The molecule has 0 aromatic carbocycles. The predicted molar refractivity (Wildman–Crippen MR) is 62.9 cm³/mol. The van der Waals surface area contributed by atoms with Crippen molar-refractivity contribution in [3.8, 4) is 0 Å². The summed E-state index contributed by atoms with van der Waals surface area (Å²) >= 11 is 0. The minimum atomic E-state index is 0.0496. The lowest BCUT2D eigenvalue weighted by atomic mass is 10.2. The van der Waals surface area contributed by atoms with Crippen LogP contribution in [0.1, 0.15) is 46.5 Å². The first-order valence-corrected chi connectivity index (χ1v) is 6.11. The minimum absolute atomic E-state index is 0.0496. The van der Waals surface area contributed by atoms with Crippen molar-refractivity contribution in [2.75, 3.05) is 6.54 Å². The Bertz CT molecular complexity index is 262. The van der Waals surface area contributed by atoms with Crippen LogP contribution in [0, 0.1) is 0 Å². The monoisotopic (exact) mass is 226 g/mol. The summed E-state index contributed by atoms with van der Waals surface area (Å²) in [6.07, 6.45) is 3.55. The van der Waals surface area contributed by atoms with Crippen LogP contribution in [-0.4, -0.2) is 35.3 Å². The molecule has 1 atom stereocenters. The molecule has 16 heavy (non-hydrogen) atoms. The molecule has 4 nitrogen and oxygen atoms in total. The summed E-state index contributed by atoms with van der Waals surface area (Å²) in [5, 5.41) is 2.93. The SMILES string of the molecule is CCC(C)N(CCC(=O)NC1CC1)C(C)=O. The van der Waals surface area contributed by atoms with Gasteiger partial charge in [-0.05, 0) is 26.2 Å². The molecule has 1 unspecified atom stereocenters.